The van der Waals surface area contributed by atoms with Crippen LogP contribution in [0, 0.1) is 0 Å². The molecule has 1 aliphatic heterocycles. The van der Waals surface area contributed by atoms with E-state index in [1.165, 1.54) is 35.1 Å². The largest absolute Gasteiger partial charge is 0.493 e. The van der Waals surface area contributed by atoms with Crippen molar-refractivity contribution in [1.82, 2.24) is 0 Å². The molecule has 110 valence electrons. The lowest BCUT2D eigenvalue weighted by Gasteiger charge is -2.18. The van der Waals surface area contributed by atoms with Gasteiger partial charge in [0.25, 0.3) is 0 Å². The summed E-state index contributed by atoms with van der Waals surface area (Å²) in [6.07, 6.45) is 4.69. The molecule has 21 heavy (non-hydrogen) atoms. The second-order valence-electron chi connectivity index (χ2n) is 5.91. The fourth-order valence-corrected chi connectivity index (χ4v) is 3.25. The molecule has 1 nitrogen and oxygen atoms in total. The molecule has 3 rings (SSSR count). The number of fused-ring (bicyclic) bond motifs is 1. The molecule has 0 amide bonds. The fourth-order valence-electron chi connectivity index (χ4n) is 3.25. The predicted molar refractivity (Wildman–Crippen MR) is 89.0 cm³/mol. The fraction of sp³-hybridized carbons (Fsp3) is 0.400. The van der Waals surface area contributed by atoms with Gasteiger partial charge in [0.2, 0.25) is 0 Å². The van der Waals surface area contributed by atoms with Crippen molar-refractivity contribution in [1.29, 1.82) is 0 Å². The zero-order valence-corrected chi connectivity index (χ0v) is 13.1. The van der Waals surface area contributed by atoms with Crippen molar-refractivity contribution in [2.24, 2.45) is 0 Å². The monoisotopic (exact) mass is 280 g/mol. The molecule has 0 unspecified atom stereocenters. The van der Waals surface area contributed by atoms with Gasteiger partial charge in [-0.3, -0.25) is 0 Å². The Balaban J connectivity index is 1.87. The van der Waals surface area contributed by atoms with Crippen LogP contribution >= 0.6 is 0 Å². The van der Waals surface area contributed by atoms with E-state index in [0.717, 1.165) is 25.2 Å². The number of rotatable bonds is 4. The molecule has 0 saturated heterocycles. The molecule has 0 bridgehead atoms. The third-order valence-electron chi connectivity index (χ3n) is 4.61. The van der Waals surface area contributed by atoms with E-state index in [-0.39, 0.29) is 0 Å². The molecule has 2 aromatic rings. The molecule has 0 N–H and O–H groups in total. The van der Waals surface area contributed by atoms with E-state index in [9.17, 15) is 0 Å². The van der Waals surface area contributed by atoms with Gasteiger partial charge < -0.3 is 4.74 Å². The van der Waals surface area contributed by atoms with Gasteiger partial charge in [0.1, 0.15) is 5.75 Å². The van der Waals surface area contributed by atoms with Crippen molar-refractivity contribution >= 4 is 0 Å². The molecule has 0 fully saturated rings. The Morgan fingerprint density at radius 1 is 0.952 bits per heavy atom. The first-order chi connectivity index (χ1) is 10.3. The van der Waals surface area contributed by atoms with Crippen LogP contribution in [0.3, 0.4) is 0 Å². The molecule has 0 aromatic heterocycles. The minimum Gasteiger partial charge on any atom is -0.493 e. The summed E-state index contributed by atoms with van der Waals surface area (Å²) >= 11 is 0. The van der Waals surface area contributed by atoms with E-state index in [4.69, 9.17) is 4.74 Å². The SMILES string of the molecule is CCC(CC)c1ccc(-c2ccc3c(c2)CCCO3)cc1. The van der Waals surface area contributed by atoms with Crippen LogP contribution in [-0.2, 0) is 6.42 Å². The lowest BCUT2D eigenvalue weighted by molar-refractivity contribution is 0.288. The molecule has 1 aliphatic rings. The predicted octanol–water partition coefficient (Wildman–Crippen LogP) is 5.58. The zero-order valence-electron chi connectivity index (χ0n) is 13.1. The number of aryl methyl sites for hydroxylation is 1. The summed E-state index contributed by atoms with van der Waals surface area (Å²) < 4.78 is 5.69. The molecular weight excluding hydrogens is 256 g/mol. The van der Waals surface area contributed by atoms with Crippen LogP contribution in [0.2, 0.25) is 0 Å². The molecule has 0 saturated carbocycles. The Bertz CT molecular complexity index is 594. The van der Waals surface area contributed by atoms with Gasteiger partial charge >= 0.3 is 0 Å². The van der Waals surface area contributed by atoms with Gasteiger partial charge in [0, 0.05) is 0 Å². The summed E-state index contributed by atoms with van der Waals surface area (Å²) in [5, 5.41) is 0. The van der Waals surface area contributed by atoms with Crippen molar-refractivity contribution in [3.05, 3.63) is 53.6 Å². The summed E-state index contributed by atoms with van der Waals surface area (Å²) in [6.45, 7) is 5.40. The van der Waals surface area contributed by atoms with E-state index < -0.39 is 0 Å². The van der Waals surface area contributed by atoms with E-state index >= 15 is 0 Å². The van der Waals surface area contributed by atoms with Crippen LogP contribution in [0.1, 0.15) is 50.2 Å². The van der Waals surface area contributed by atoms with Gasteiger partial charge in [-0.1, -0.05) is 44.2 Å². The minimum absolute atomic E-state index is 0.691. The number of ether oxygens (including phenoxy) is 1. The maximum atomic E-state index is 5.69. The van der Waals surface area contributed by atoms with Crippen LogP contribution in [0.25, 0.3) is 11.1 Å². The Labute approximate surface area is 128 Å². The second-order valence-corrected chi connectivity index (χ2v) is 5.91. The Morgan fingerprint density at radius 2 is 1.67 bits per heavy atom. The summed E-state index contributed by atoms with van der Waals surface area (Å²) in [5.74, 6) is 1.76. The standard InChI is InChI=1S/C20H24O/c1-3-15(4-2)16-7-9-17(10-8-16)18-11-12-20-19(14-18)6-5-13-21-20/h7-12,14-15H,3-6,13H2,1-2H3. The summed E-state index contributed by atoms with van der Waals surface area (Å²) in [4.78, 5) is 0. The first kappa shape index (κ1) is 14.2. The maximum Gasteiger partial charge on any atom is 0.122 e. The summed E-state index contributed by atoms with van der Waals surface area (Å²) in [7, 11) is 0. The van der Waals surface area contributed by atoms with Gasteiger partial charge in [-0.2, -0.15) is 0 Å². The van der Waals surface area contributed by atoms with E-state index in [2.05, 4.69) is 56.3 Å². The minimum atomic E-state index is 0.691. The van der Waals surface area contributed by atoms with Crippen molar-refractivity contribution in [2.45, 2.75) is 45.4 Å². The van der Waals surface area contributed by atoms with Crippen LogP contribution in [0.4, 0.5) is 0 Å². The third kappa shape index (κ3) is 2.97. The van der Waals surface area contributed by atoms with Crippen LogP contribution in [0.5, 0.6) is 5.75 Å². The van der Waals surface area contributed by atoms with Crippen molar-refractivity contribution < 1.29 is 4.74 Å². The van der Waals surface area contributed by atoms with E-state index in [1.807, 2.05) is 0 Å². The van der Waals surface area contributed by atoms with Crippen LogP contribution in [-0.4, -0.2) is 6.61 Å². The molecule has 0 radical (unpaired) electrons. The Kier molecular flexibility index (Phi) is 4.28. The number of hydrogen-bond acceptors (Lipinski definition) is 1. The molecule has 2 aromatic carbocycles. The van der Waals surface area contributed by atoms with Crippen molar-refractivity contribution in [3.63, 3.8) is 0 Å². The highest BCUT2D eigenvalue weighted by atomic mass is 16.5. The van der Waals surface area contributed by atoms with Gasteiger partial charge in [0.15, 0.2) is 0 Å². The average molecular weight is 280 g/mol. The maximum absolute atomic E-state index is 5.69. The normalized spacial score (nSPS) is 13.9. The zero-order chi connectivity index (χ0) is 14.7. The van der Waals surface area contributed by atoms with Crippen LogP contribution < -0.4 is 4.74 Å². The lowest BCUT2D eigenvalue weighted by Crippen LogP contribution is -2.08. The topological polar surface area (TPSA) is 9.23 Å². The molecule has 1 heteroatoms. The number of hydrogen-bond donors (Lipinski definition) is 0. The molecule has 0 spiro atoms. The molecular formula is C20H24O. The number of benzene rings is 2. The molecule has 1 heterocycles. The molecule has 0 aliphatic carbocycles. The van der Waals surface area contributed by atoms with Crippen molar-refractivity contribution in [2.75, 3.05) is 6.61 Å². The smallest absolute Gasteiger partial charge is 0.122 e. The van der Waals surface area contributed by atoms with Gasteiger partial charge in [-0.05, 0) is 66.0 Å². The summed E-state index contributed by atoms with van der Waals surface area (Å²) in [5.41, 5.74) is 5.42. The van der Waals surface area contributed by atoms with E-state index in [1.54, 1.807) is 0 Å². The highest BCUT2D eigenvalue weighted by Crippen LogP contribution is 2.31. The first-order valence-electron chi connectivity index (χ1n) is 8.18. The average Bonchev–Trinajstić information content (AvgIpc) is 2.56. The quantitative estimate of drug-likeness (QED) is 0.710. The highest BCUT2D eigenvalue weighted by Gasteiger charge is 2.12. The van der Waals surface area contributed by atoms with Crippen molar-refractivity contribution in [3.8, 4) is 16.9 Å². The Morgan fingerprint density at radius 3 is 2.38 bits per heavy atom. The lowest BCUT2D eigenvalue weighted by atomic mass is 9.92. The first-order valence-corrected chi connectivity index (χ1v) is 8.18. The second kappa shape index (κ2) is 6.34. The van der Waals surface area contributed by atoms with E-state index in [0.29, 0.717) is 5.92 Å². The van der Waals surface area contributed by atoms with Gasteiger partial charge in [0.05, 0.1) is 6.61 Å². The van der Waals surface area contributed by atoms with Gasteiger partial charge in [-0.25, -0.2) is 0 Å². The summed E-state index contributed by atoms with van der Waals surface area (Å²) in [6, 6.07) is 15.7. The Hall–Kier alpha value is -1.76. The van der Waals surface area contributed by atoms with Gasteiger partial charge in [-0.15, -0.1) is 0 Å². The molecule has 0 atom stereocenters. The third-order valence-corrected chi connectivity index (χ3v) is 4.61. The van der Waals surface area contributed by atoms with Crippen LogP contribution in [0.15, 0.2) is 42.5 Å². The highest BCUT2D eigenvalue weighted by molar-refractivity contribution is 5.66.